The van der Waals surface area contributed by atoms with Crippen LogP contribution in [0.15, 0.2) is 9.59 Å². The first-order chi connectivity index (χ1) is 14.0. The van der Waals surface area contributed by atoms with Crippen LogP contribution in [0, 0.1) is 23.7 Å². The number of hydrogen-bond acceptors (Lipinski definition) is 5. The van der Waals surface area contributed by atoms with Crippen LogP contribution in [-0.4, -0.2) is 42.9 Å². The number of fused-ring (bicyclic) bond motifs is 1. The lowest BCUT2D eigenvalue weighted by molar-refractivity contribution is -0.145. The van der Waals surface area contributed by atoms with Crippen LogP contribution in [0.25, 0.3) is 11.2 Å². The van der Waals surface area contributed by atoms with Gasteiger partial charge >= 0.3 is 11.7 Å². The van der Waals surface area contributed by atoms with Crippen LogP contribution in [0.2, 0.25) is 0 Å². The molecule has 6 unspecified atom stereocenters. The normalized spacial score (nSPS) is 31.7. The number of imidazole rings is 1. The molecule has 4 aliphatic rings. The highest BCUT2D eigenvalue weighted by Crippen LogP contribution is 2.76. The average molecular weight is 402 g/mol. The van der Waals surface area contributed by atoms with Crippen LogP contribution in [-0.2, 0) is 22.6 Å². The van der Waals surface area contributed by atoms with Gasteiger partial charge in [0.2, 0.25) is 0 Å². The van der Waals surface area contributed by atoms with Gasteiger partial charge in [0.15, 0.2) is 5.65 Å². The SMILES string of the molecule is CCCn1c(=O)c2[nH]c(C3C4CC5C(C4OCC(=O)O)C53)nc2n(CCC)c1=O. The Kier molecular flexibility index (Phi) is 4.20. The lowest BCUT2D eigenvalue weighted by atomic mass is 9.96. The third-order valence-corrected chi connectivity index (χ3v) is 7.00. The predicted molar refractivity (Wildman–Crippen MR) is 104 cm³/mol. The highest BCUT2D eigenvalue weighted by atomic mass is 16.5. The third-order valence-electron chi connectivity index (χ3n) is 7.00. The minimum Gasteiger partial charge on any atom is -0.480 e. The molecule has 156 valence electrons. The number of carboxylic acids is 1. The quantitative estimate of drug-likeness (QED) is 0.684. The molecule has 9 heteroatoms. The first-order valence-electron chi connectivity index (χ1n) is 10.5. The second kappa shape index (κ2) is 6.55. The van der Waals surface area contributed by atoms with Crippen molar-refractivity contribution in [1.29, 1.82) is 0 Å². The fourth-order valence-electron chi connectivity index (χ4n) is 6.06. The van der Waals surface area contributed by atoms with Crippen molar-refractivity contribution in [1.82, 2.24) is 19.1 Å². The molecule has 6 rings (SSSR count). The number of aromatic nitrogens is 4. The standard InChI is InChI=1S/C20H26N4O5/c1-3-5-23-18-15(19(27)24(6-4-2)20(23)28)21-17(22-18)14-10-7-9-12(14)13(9)16(10)29-8-11(25)26/h9-10,12-14,16H,3-8H2,1-2H3,(H,21,22)(H,25,26). The van der Waals surface area contributed by atoms with Crippen molar-refractivity contribution < 1.29 is 14.6 Å². The van der Waals surface area contributed by atoms with E-state index in [1.165, 1.54) is 4.57 Å². The van der Waals surface area contributed by atoms with E-state index < -0.39 is 5.97 Å². The maximum absolute atomic E-state index is 12.9. The molecule has 0 aromatic carbocycles. The molecule has 9 nitrogen and oxygen atoms in total. The molecule has 2 heterocycles. The van der Waals surface area contributed by atoms with Gasteiger partial charge in [0, 0.05) is 19.0 Å². The van der Waals surface area contributed by atoms with Crippen molar-refractivity contribution in [3.63, 3.8) is 0 Å². The van der Waals surface area contributed by atoms with Gasteiger partial charge in [-0.15, -0.1) is 0 Å². The Morgan fingerprint density at radius 2 is 1.90 bits per heavy atom. The van der Waals surface area contributed by atoms with Crippen molar-refractivity contribution >= 4 is 17.1 Å². The third kappa shape index (κ3) is 2.56. The van der Waals surface area contributed by atoms with E-state index in [1.807, 2.05) is 13.8 Å². The van der Waals surface area contributed by atoms with Crippen LogP contribution in [0.1, 0.15) is 44.9 Å². The maximum Gasteiger partial charge on any atom is 0.332 e. The fourth-order valence-corrected chi connectivity index (χ4v) is 6.06. The first kappa shape index (κ1) is 18.6. The highest BCUT2D eigenvalue weighted by molar-refractivity contribution is 5.70. The minimum atomic E-state index is -0.952. The minimum absolute atomic E-state index is 0.0473. The predicted octanol–water partition coefficient (Wildman–Crippen LogP) is 1.16. The van der Waals surface area contributed by atoms with E-state index >= 15 is 0 Å². The second-order valence-electron chi connectivity index (χ2n) is 8.62. The molecule has 0 saturated heterocycles. The number of carboxylic acid groups (broad SMARTS) is 1. The maximum atomic E-state index is 12.9. The lowest BCUT2D eigenvalue weighted by Gasteiger charge is -2.18. The van der Waals surface area contributed by atoms with Gasteiger partial charge in [-0.2, -0.15) is 0 Å². The van der Waals surface area contributed by atoms with Crippen molar-refractivity contribution in [2.45, 2.75) is 58.2 Å². The summed E-state index contributed by atoms with van der Waals surface area (Å²) < 4.78 is 8.60. The van der Waals surface area contributed by atoms with Gasteiger partial charge in [-0.05, 0) is 42.9 Å². The van der Waals surface area contributed by atoms with Gasteiger partial charge in [-0.3, -0.25) is 13.9 Å². The summed E-state index contributed by atoms with van der Waals surface area (Å²) in [6.07, 6.45) is 2.44. The van der Waals surface area contributed by atoms with Gasteiger partial charge in [0.05, 0.1) is 6.10 Å². The van der Waals surface area contributed by atoms with E-state index in [2.05, 4.69) is 4.98 Å². The Bertz CT molecular complexity index is 1100. The molecule has 4 fully saturated rings. The monoisotopic (exact) mass is 402 g/mol. The van der Waals surface area contributed by atoms with Crippen molar-refractivity contribution in [2.24, 2.45) is 23.7 Å². The number of nitrogens with zero attached hydrogens (tertiary/aromatic N) is 3. The second-order valence-corrected chi connectivity index (χ2v) is 8.62. The van der Waals surface area contributed by atoms with Crippen molar-refractivity contribution in [3.8, 4) is 0 Å². The number of nitrogens with one attached hydrogen (secondary N) is 1. The number of ether oxygens (including phenoxy) is 1. The van der Waals surface area contributed by atoms with Crippen molar-refractivity contribution in [3.05, 3.63) is 26.7 Å². The summed E-state index contributed by atoms with van der Waals surface area (Å²) in [5.41, 5.74) is 0.223. The molecular weight excluding hydrogens is 376 g/mol. The summed E-state index contributed by atoms with van der Waals surface area (Å²) in [5.74, 6) is 1.55. The first-order valence-corrected chi connectivity index (χ1v) is 10.5. The number of carbonyl (C=O) groups is 1. The Balaban J connectivity index is 1.55. The molecule has 0 radical (unpaired) electrons. The summed E-state index contributed by atoms with van der Waals surface area (Å²) in [7, 11) is 0. The molecule has 4 saturated carbocycles. The van der Waals surface area contributed by atoms with Gasteiger partial charge in [-0.1, -0.05) is 13.8 Å². The zero-order valence-electron chi connectivity index (χ0n) is 16.6. The number of aromatic amines is 1. The van der Waals surface area contributed by atoms with Crippen LogP contribution in [0.5, 0.6) is 0 Å². The van der Waals surface area contributed by atoms with Crippen LogP contribution >= 0.6 is 0 Å². The smallest absolute Gasteiger partial charge is 0.332 e. The Morgan fingerprint density at radius 3 is 2.55 bits per heavy atom. The number of hydrogen-bond donors (Lipinski definition) is 2. The molecule has 0 spiro atoms. The van der Waals surface area contributed by atoms with Crippen molar-refractivity contribution in [2.75, 3.05) is 6.61 Å². The number of aliphatic carboxylic acids is 1. The molecule has 0 aliphatic heterocycles. The number of H-pyrrole nitrogens is 1. The molecule has 29 heavy (non-hydrogen) atoms. The largest absolute Gasteiger partial charge is 0.480 e. The van der Waals surface area contributed by atoms with E-state index in [0.29, 0.717) is 48.4 Å². The van der Waals surface area contributed by atoms with Gasteiger partial charge in [-0.25, -0.2) is 14.6 Å². The molecule has 0 amide bonds. The topological polar surface area (TPSA) is 119 Å². The summed E-state index contributed by atoms with van der Waals surface area (Å²) in [5, 5.41) is 8.95. The highest BCUT2D eigenvalue weighted by Gasteiger charge is 2.75. The lowest BCUT2D eigenvalue weighted by Crippen LogP contribution is -2.40. The van der Waals surface area contributed by atoms with Gasteiger partial charge < -0.3 is 14.8 Å². The van der Waals surface area contributed by atoms with E-state index in [4.69, 9.17) is 14.8 Å². The molecule has 6 atom stereocenters. The summed E-state index contributed by atoms with van der Waals surface area (Å²) in [4.78, 5) is 44.7. The molecule has 2 aromatic heterocycles. The van der Waals surface area contributed by atoms with E-state index in [9.17, 15) is 14.4 Å². The fraction of sp³-hybridized carbons (Fsp3) is 0.700. The zero-order valence-corrected chi connectivity index (χ0v) is 16.6. The number of rotatable bonds is 8. The summed E-state index contributed by atoms with van der Waals surface area (Å²) in [6.45, 7) is 4.55. The van der Waals surface area contributed by atoms with Crippen LogP contribution in [0.3, 0.4) is 0 Å². The van der Waals surface area contributed by atoms with E-state index in [0.717, 1.165) is 18.7 Å². The summed E-state index contributed by atoms with van der Waals surface area (Å²) in [6, 6.07) is 0. The van der Waals surface area contributed by atoms with E-state index in [1.54, 1.807) is 4.57 Å². The van der Waals surface area contributed by atoms with Gasteiger partial charge in [0.1, 0.15) is 17.9 Å². The summed E-state index contributed by atoms with van der Waals surface area (Å²) >= 11 is 0. The Morgan fingerprint density at radius 1 is 1.17 bits per heavy atom. The molecule has 4 aliphatic carbocycles. The van der Waals surface area contributed by atoms with Crippen LogP contribution in [0.4, 0.5) is 0 Å². The molecule has 2 aromatic rings. The Labute approximate surface area is 166 Å². The Hall–Kier alpha value is -2.42. The molecule has 4 bridgehead atoms. The van der Waals surface area contributed by atoms with E-state index in [-0.39, 0.29) is 35.8 Å². The molecular formula is C20H26N4O5. The van der Waals surface area contributed by atoms with Gasteiger partial charge in [0.25, 0.3) is 5.56 Å². The van der Waals surface area contributed by atoms with Crippen LogP contribution < -0.4 is 11.2 Å². The zero-order chi connectivity index (χ0) is 20.4. The number of aryl methyl sites for hydroxylation is 1. The average Bonchev–Trinajstić information content (AvgIpc) is 3.12. The molecule has 2 N–H and O–H groups in total.